The third-order valence-corrected chi connectivity index (χ3v) is 7.66. The van der Waals surface area contributed by atoms with Gasteiger partial charge in [-0.3, -0.25) is 0 Å². The van der Waals surface area contributed by atoms with Crippen molar-refractivity contribution in [3.63, 3.8) is 0 Å². The van der Waals surface area contributed by atoms with E-state index in [0.717, 1.165) is 44.5 Å². The van der Waals surface area contributed by atoms with Crippen molar-refractivity contribution >= 4 is 15.8 Å². The van der Waals surface area contributed by atoms with Gasteiger partial charge in [0.15, 0.2) is 0 Å². The van der Waals surface area contributed by atoms with Crippen LogP contribution in [0.2, 0.25) is 0 Å². The quantitative estimate of drug-likeness (QED) is 0.681. The van der Waals surface area contributed by atoms with Gasteiger partial charge >= 0.3 is 0 Å². The molecule has 0 radical (unpaired) electrons. The molecule has 2 aromatic rings. The van der Waals surface area contributed by atoms with Gasteiger partial charge in [-0.15, -0.1) is 0 Å². The Labute approximate surface area is 192 Å². The summed E-state index contributed by atoms with van der Waals surface area (Å²) in [7, 11) is -3.28. The maximum absolute atomic E-state index is 12.0. The summed E-state index contributed by atoms with van der Waals surface area (Å²) in [6, 6.07) is 16.7. The van der Waals surface area contributed by atoms with Crippen LogP contribution in [0.1, 0.15) is 50.5 Å². The summed E-state index contributed by atoms with van der Waals surface area (Å²) < 4.78 is 33.3. The van der Waals surface area contributed by atoms with E-state index < -0.39 is 10.0 Å². The van der Waals surface area contributed by atoms with Crippen LogP contribution in [0.15, 0.2) is 54.7 Å². The fourth-order valence-electron chi connectivity index (χ4n) is 5.23. The maximum Gasteiger partial charge on any atom is 0.208 e. The monoisotopic (exact) mass is 457 g/mol. The Hall–Kier alpha value is -1.96. The van der Waals surface area contributed by atoms with Crippen LogP contribution in [0.4, 0.5) is 5.82 Å². The van der Waals surface area contributed by atoms with E-state index in [4.69, 9.17) is 4.74 Å². The van der Waals surface area contributed by atoms with Crippen molar-refractivity contribution < 1.29 is 13.2 Å². The van der Waals surface area contributed by atoms with Crippen LogP contribution in [0.3, 0.4) is 0 Å². The van der Waals surface area contributed by atoms with Crippen molar-refractivity contribution in [3.8, 4) is 0 Å². The van der Waals surface area contributed by atoms with Crippen LogP contribution < -0.4 is 9.62 Å². The Bertz CT molecular complexity index is 947. The van der Waals surface area contributed by atoms with Gasteiger partial charge in [-0.1, -0.05) is 36.4 Å². The van der Waals surface area contributed by atoms with Crippen LogP contribution in [-0.2, 0) is 14.8 Å². The first-order chi connectivity index (χ1) is 15.4. The number of piperidine rings is 1. The van der Waals surface area contributed by atoms with Gasteiger partial charge < -0.3 is 9.64 Å². The third kappa shape index (κ3) is 6.09. The van der Waals surface area contributed by atoms with Gasteiger partial charge in [0.2, 0.25) is 10.0 Å². The lowest BCUT2D eigenvalue weighted by molar-refractivity contribution is -0.00357. The molecule has 0 unspecified atom stereocenters. The van der Waals surface area contributed by atoms with E-state index in [-0.39, 0.29) is 24.1 Å². The second kappa shape index (κ2) is 10.3. The minimum absolute atomic E-state index is 0.0785. The summed E-state index contributed by atoms with van der Waals surface area (Å²) in [5.74, 6) is 1.63. The molecule has 0 spiro atoms. The molecular weight excluding hydrogens is 422 g/mol. The fourth-order valence-corrected chi connectivity index (χ4v) is 6.06. The number of rotatable bonds is 7. The number of nitrogens with one attached hydrogen (secondary N) is 1. The van der Waals surface area contributed by atoms with Crippen molar-refractivity contribution in [2.75, 3.05) is 24.3 Å². The highest BCUT2D eigenvalue weighted by molar-refractivity contribution is 7.88. The molecule has 6 nitrogen and oxygen atoms in total. The summed E-state index contributed by atoms with van der Waals surface area (Å²) in [6.45, 7) is 3.42. The van der Waals surface area contributed by atoms with Crippen molar-refractivity contribution in [2.24, 2.45) is 5.92 Å². The molecule has 1 aliphatic carbocycles. The van der Waals surface area contributed by atoms with Gasteiger partial charge in [0.1, 0.15) is 5.82 Å². The Balaban J connectivity index is 1.37. The van der Waals surface area contributed by atoms with Gasteiger partial charge in [0.05, 0.1) is 19.0 Å². The minimum Gasteiger partial charge on any atom is -0.378 e. The number of sulfonamides is 1. The van der Waals surface area contributed by atoms with E-state index in [1.807, 2.05) is 18.2 Å². The average molecular weight is 458 g/mol. The summed E-state index contributed by atoms with van der Waals surface area (Å²) in [5.41, 5.74) is 1.43. The number of anilines is 1. The SMILES string of the molecule is C[C@H]1C[C@H](NS(C)(=O)=O)[C@H](COC2CCC(c3ccccc3)CC2)CN1c1ccccn1. The third-order valence-electron chi connectivity index (χ3n) is 6.93. The van der Waals surface area contributed by atoms with Gasteiger partial charge in [-0.05, 0) is 62.6 Å². The first-order valence-electron chi connectivity index (χ1n) is 11.7. The molecule has 2 heterocycles. The zero-order chi connectivity index (χ0) is 22.6. The van der Waals surface area contributed by atoms with Gasteiger partial charge in [0, 0.05) is 30.7 Å². The Morgan fingerprint density at radius 2 is 1.78 bits per heavy atom. The summed E-state index contributed by atoms with van der Waals surface area (Å²) in [4.78, 5) is 6.80. The van der Waals surface area contributed by atoms with Crippen LogP contribution in [0.5, 0.6) is 0 Å². The predicted molar refractivity (Wildman–Crippen MR) is 128 cm³/mol. The molecule has 4 rings (SSSR count). The lowest BCUT2D eigenvalue weighted by Gasteiger charge is -2.44. The molecule has 1 aromatic carbocycles. The highest BCUT2D eigenvalue weighted by Gasteiger charge is 2.36. The lowest BCUT2D eigenvalue weighted by atomic mass is 9.82. The number of benzene rings is 1. The Morgan fingerprint density at radius 1 is 1.06 bits per heavy atom. The molecule has 0 bridgehead atoms. The van der Waals surface area contributed by atoms with E-state index in [1.54, 1.807) is 6.20 Å². The normalized spacial score (nSPS) is 29.1. The van der Waals surface area contributed by atoms with Gasteiger partial charge in [-0.2, -0.15) is 0 Å². The Kier molecular flexibility index (Phi) is 7.48. The number of nitrogens with zero attached hydrogens (tertiary/aromatic N) is 2. The zero-order valence-corrected chi connectivity index (χ0v) is 19.9. The zero-order valence-electron chi connectivity index (χ0n) is 19.1. The smallest absolute Gasteiger partial charge is 0.208 e. The molecule has 1 N–H and O–H groups in total. The molecule has 1 saturated carbocycles. The second-order valence-corrected chi connectivity index (χ2v) is 11.2. The summed E-state index contributed by atoms with van der Waals surface area (Å²) in [5, 5.41) is 0. The standard InChI is InChI=1S/C25H35N3O3S/c1-19-16-24(27-32(2,29)30)22(17-28(19)25-10-6-7-15-26-25)18-31-23-13-11-21(12-14-23)20-8-4-3-5-9-20/h3-10,15,19,21-24,27H,11-14,16-18H2,1-2H3/t19-,21?,22-,23?,24-/m0/s1. The largest absolute Gasteiger partial charge is 0.378 e. The second-order valence-electron chi connectivity index (χ2n) is 9.40. The minimum atomic E-state index is -3.28. The van der Waals surface area contributed by atoms with E-state index in [1.165, 1.54) is 11.8 Å². The summed E-state index contributed by atoms with van der Waals surface area (Å²) >= 11 is 0. The van der Waals surface area contributed by atoms with Gasteiger partial charge in [-0.25, -0.2) is 18.1 Å². The molecule has 174 valence electrons. The molecular formula is C25H35N3O3S. The molecule has 2 aliphatic rings. The first kappa shape index (κ1) is 23.2. The van der Waals surface area contributed by atoms with Crippen LogP contribution in [0, 0.1) is 5.92 Å². The summed E-state index contributed by atoms with van der Waals surface area (Å²) in [6.07, 6.45) is 8.41. The molecule has 3 atom stereocenters. The molecule has 0 amide bonds. The maximum atomic E-state index is 12.0. The number of pyridine rings is 1. The van der Waals surface area contributed by atoms with Crippen molar-refractivity contribution in [3.05, 3.63) is 60.3 Å². The van der Waals surface area contributed by atoms with E-state index in [9.17, 15) is 8.42 Å². The molecule has 1 saturated heterocycles. The topological polar surface area (TPSA) is 71.5 Å². The number of aromatic nitrogens is 1. The predicted octanol–water partition coefficient (Wildman–Crippen LogP) is 3.96. The molecule has 2 fully saturated rings. The fraction of sp³-hybridized carbons (Fsp3) is 0.560. The number of hydrogen-bond donors (Lipinski definition) is 1. The lowest BCUT2D eigenvalue weighted by Crippen LogP contribution is -2.56. The highest BCUT2D eigenvalue weighted by Crippen LogP contribution is 2.35. The van der Waals surface area contributed by atoms with Crippen molar-refractivity contribution in [1.29, 1.82) is 0 Å². The van der Waals surface area contributed by atoms with Gasteiger partial charge in [0.25, 0.3) is 0 Å². The molecule has 32 heavy (non-hydrogen) atoms. The van der Waals surface area contributed by atoms with Crippen molar-refractivity contribution in [1.82, 2.24) is 9.71 Å². The van der Waals surface area contributed by atoms with Crippen LogP contribution in [0.25, 0.3) is 0 Å². The van der Waals surface area contributed by atoms with Crippen LogP contribution in [-0.4, -0.2) is 51.0 Å². The number of ether oxygens (including phenoxy) is 1. The van der Waals surface area contributed by atoms with E-state index >= 15 is 0 Å². The first-order valence-corrected chi connectivity index (χ1v) is 13.6. The Morgan fingerprint density at radius 3 is 2.44 bits per heavy atom. The molecule has 1 aliphatic heterocycles. The van der Waals surface area contributed by atoms with E-state index in [0.29, 0.717) is 12.5 Å². The van der Waals surface area contributed by atoms with Crippen LogP contribution >= 0.6 is 0 Å². The molecule has 7 heteroatoms. The van der Waals surface area contributed by atoms with Crippen molar-refractivity contribution in [2.45, 2.75) is 63.1 Å². The average Bonchev–Trinajstić information content (AvgIpc) is 2.79. The van der Waals surface area contributed by atoms with E-state index in [2.05, 4.69) is 51.9 Å². The number of hydrogen-bond acceptors (Lipinski definition) is 5. The highest BCUT2D eigenvalue weighted by atomic mass is 32.2. The molecule has 1 aromatic heterocycles.